The van der Waals surface area contributed by atoms with Crippen LogP contribution in [0.4, 0.5) is 0 Å². The minimum absolute atomic E-state index is 0.364. The van der Waals surface area contributed by atoms with Gasteiger partial charge in [0.25, 0.3) is 0 Å². The average Bonchev–Trinajstić information content (AvgIpc) is 0.852. The van der Waals surface area contributed by atoms with Crippen molar-refractivity contribution in [2.45, 2.75) is 67.7 Å². The van der Waals surface area contributed by atoms with Crippen molar-refractivity contribution in [1.29, 1.82) is 0 Å². The lowest BCUT2D eigenvalue weighted by Crippen LogP contribution is -2.15. The van der Waals surface area contributed by atoms with Crippen molar-refractivity contribution >= 4 is 162 Å². The van der Waals surface area contributed by atoms with E-state index < -0.39 is 0 Å². The van der Waals surface area contributed by atoms with Crippen LogP contribution < -0.4 is 0 Å². The van der Waals surface area contributed by atoms with E-state index in [0.29, 0.717) is 5.92 Å². The molecule has 114 heavy (non-hydrogen) atoms. The number of fused-ring (bicyclic) bond motifs is 17. The average molecular weight is 1460 g/mol. The lowest BCUT2D eigenvalue weighted by atomic mass is 9.69. The van der Waals surface area contributed by atoms with Crippen LogP contribution in [-0.4, -0.2) is 18.3 Å². The first-order valence-corrected chi connectivity index (χ1v) is 40.2. The topological polar surface area (TPSA) is 19.7 Å². The van der Waals surface area contributed by atoms with Crippen molar-refractivity contribution < 1.29 is 0 Å². The maximum absolute atomic E-state index is 2.48. The van der Waals surface area contributed by atoms with E-state index in [1.807, 2.05) is 0 Å². The highest BCUT2D eigenvalue weighted by molar-refractivity contribution is 6.16. The van der Waals surface area contributed by atoms with Gasteiger partial charge in [0.2, 0.25) is 0 Å². The van der Waals surface area contributed by atoms with Crippen molar-refractivity contribution in [3.8, 4) is 33.9 Å². The van der Waals surface area contributed by atoms with Crippen LogP contribution in [0.15, 0.2) is 309 Å². The summed E-state index contributed by atoms with van der Waals surface area (Å²) in [5.74, 6) is 0.364. The monoisotopic (exact) mass is 1460 g/mol. The molecule has 2 aliphatic rings. The molecule has 2 aliphatic carbocycles. The van der Waals surface area contributed by atoms with E-state index in [1.54, 1.807) is 0 Å². The van der Waals surface area contributed by atoms with Gasteiger partial charge in [-0.25, -0.2) is 0 Å². The molecule has 0 amide bonds. The molecular weight excluding hydrogens is 1380 g/mol. The SMILES string of the molecule is C/C=C/c1cc(-n2c3ccccc3c3ccccc32)c(/C=C/c2ccc3c(c2)c(C)c(C)c2cc(C)ccc23)cc1-n1c2ccccc2c2ccccc21.C/C=C/c1cc(-n2c3ccccc3c3ccccc32)c(/C=C/c2ccc3c4c(cc(C)cc24)C2CC=C(C)c4cc(C)cc-3c42)cc1-n1c2ccccc2c2ccccc21. The lowest BCUT2D eigenvalue weighted by molar-refractivity contribution is 0.816. The van der Waals surface area contributed by atoms with Gasteiger partial charge in [0.05, 0.1) is 66.9 Å². The Morgan fingerprint density at radius 1 is 0.263 bits per heavy atom. The van der Waals surface area contributed by atoms with Gasteiger partial charge in [-0.3, -0.25) is 0 Å². The minimum atomic E-state index is 0.364. The molecule has 1 atom stereocenters. The second kappa shape index (κ2) is 27.0. The van der Waals surface area contributed by atoms with Crippen molar-refractivity contribution in [1.82, 2.24) is 18.3 Å². The maximum Gasteiger partial charge on any atom is 0.0542 e. The zero-order chi connectivity index (χ0) is 76.7. The Hall–Kier alpha value is -13.8. The predicted molar refractivity (Wildman–Crippen MR) is 492 cm³/mol. The van der Waals surface area contributed by atoms with E-state index in [0.717, 1.165) is 45.9 Å². The van der Waals surface area contributed by atoms with E-state index in [1.165, 1.54) is 197 Å². The summed E-state index contributed by atoms with van der Waals surface area (Å²) >= 11 is 0. The second-order valence-corrected chi connectivity index (χ2v) is 31.6. The van der Waals surface area contributed by atoms with Crippen LogP contribution in [0.5, 0.6) is 0 Å². The van der Waals surface area contributed by atoms with Gasteiger partial charge in [-0.1, -0.05) is 278 Å². The van der Waals surface area contributed by atoms with Crippen LogP contribution in [-0.2, 0) is 0 Å². The molecule has 544 valence electrons. The van der Waals surface area contributed by atoms with Gasteiger partial charge in [-0.15, -0.1) is 0 Å². The van der Waals surface area contributed by atoms with Gasteiger partial charge in [0.15, 0.2) is 0 Å². The van der Waals surface area contributed by atoms with Crippen molar-refractivity contribution in [3.05, 3.63) is 387 Å². The molecule has 0 spiro atoms. The van der Waals surface area contributed by atoms with Crippen LogP contribution in [0, 0.1) is 34.6 Å². The Balaban J connectivity index is 0.000000144. The second-order valence-electron chi connectivity index (χ2n) is 31.6. The van der Waals surface area contributed by atoms with Crippen LogP contribution in [0.25, 0.3) is 195 Å². The number of rotatable bonds is 10. The predicted octanol–water partition coefficient (Wildman–Crippen LogP) is 30.1. The number of hydrogen-bond donors (Lipinski definition) is 0. The summed E-state index contributed by atoms with van der Waals surface area (Å²) in [6.45, 7) is 17.7. The van der Waals surface area contributed by atoms with Crippen molar-refractivity contribution in [2.24, 2.45) is 0 Å². The number of aryl methyl sites for hydroxylation is 5. The molecule has 0 bridgehead atoms. The number of allylic oxidation sites excluding steroid dienone is 4. The summed E-state index contributed by atoms with van der Waals surface area (Å²) in [4.78, 5) is 0. The Morgan fingerprint density at radius 2 is 0.614 bits per heavy atom. The first-order chi connectivity index (χ1) is 56.0. The van der Waals surface area contributed by atoms with Crippen LogP contribution in [0.3, 0.4) is 0 Å². The normalized spacial score (nSPS) is 13.6. The smallest absolute Gasteiger partial charge is 0.0542 e. The summed E-state index contributed by atoms with van der Waals surface area (Å²) in [6, 6.07) is 108. The summed E-state index contributed by atoms with van der Waals surface area (Å²) in [5, 5.41) is 18.1. The fraction of sp³-hybridized carbons (Fsp3) is 0.0909. The summed E-state index contributed by atoms with van der Waals surface area (Å²) in [7, 11) is 0. The van der Waals surface area contributed by atoms with Crippen molar-refractivity contribution in [2.75, 3.05) is 0 Å². The molecule has 0 saturated carbocycles. The highest BCUT2D eigenvalue weighted by Crippen LogP contribution is 2.53. The van der Waals surface area contributed by atoms with Gasteiger partial charge < -0.3 is 18.3 Å². The summed E-state index contributed by atoms with van der Waals surface area (Å²) in [6.07, 6.45) is 21.7. The number of aromatic nitrogens is 4. The molecule has 0 radical (unpaired) electrons. The first kappa shape index (κ1) is 68.2. The largest absolute Gasteiger partial charge is 0.309 e. The van der Waals surface area contributed by atoms with E-state index in [-0.39, 0.29) is 0 Å². The Kier molecular flexibility index (Phi) is 16.2. The Labute approximate surface area is 664 Å². The van der Waals surface area contributed by atoms with E-state index in [4.69, 9.17) is 0 Å². The zero-order valence-electron chi connectivity index (χ0n) is 65.5. The zero-order valence-corrected chi connectivity index (χ0v) is 65.5. The van der Waals surface area contributed by atoms with E-state index >= 15 is 0 Å². The molecule has 4 heteroatoms. The van der Waals surface area contributed by atoms with Crippen LogP contribution in [0.2, 0.25) is 0 Å². The lowest BCUT2D eigenvalue weighted by Gasteiger charge is -2.34. The summed E-state index contributed by atoms with van der Waals surface area (Å²) in [5.41, 5.74) is 36.5. The fourth-order valence-corrected chi connectivity index (χ4v) is 19.7. The molecule has 20 aromatic rings. The molecule has 4 nitrogen and oxygen atoms in total. The first-order valence-electron chi connectivity index (χ1n) is 40.2. The standard InChI is InChI=1S/C58H44N2.C52H40N2/c1-5-14-39-33-56(60-53-21-12-8-17-43(53)44-18-9-13-22-54(44)60)40(34-55(39)59-51-19-10-6-15-41(51)42-16-7-11-20-52(42)59)25-24-38-26-28-46-49-31-35(2)29-47-37(4)23-27-45(57(47)49)50-32-36(3)30-48(38)58(46)50;1-5-14-37-31-52(54-49-21-12-8-17-43(49)44-18-9-13-22-50(44)54)38(32-51(37)53-47-19-10-6-15-41(47)42-16-7-11-20-48(42)53)26-24-36-25-28-40-39-27-23-33(2)29-45(39)34(3)35(4)46(40)30-36/h5-26,28-34,45H,27H2,1-4H3;5-32H,1-4H3/b14-5+,25-24+;14-5+,26-24+. The Morgan fingerprint density at radius 3 is 1.04 bits per heavy atom. The van der Waals surface area contributed by atoms with Crippen LogP contribution in [0.1, 0.15) is 111 Å². The van der Waals surface area contributed by atoms with Gasteiger partial charge >= 0.3 is 0 Å². The Bertz CT molecular complexity index is 7450. The molecule has 0 N–H and O–H groups in total. The third-order valence-corrected chi connectivity index (χ3v) is 24.9. The number of nitrogens with zero attached hydrogens (tertiary/aromatic N) is 4. The van der Waals surface area contributed by atoms with E-state index in [9.17, 15) is 0 Å². The molecule has 0 saturated heterocycles. The van der Waals surface area contributed by atoms with Gasteiger partial charge in [-0.2, -0.15) is 0 Å². The van der Waals surface area contributed by atoms with E-state index in [2.05, 4.69) is 420 Å². The third-order valence-electron chi connectivity index (χ3n) is 24.9. The third kappa shape index (κ3) is 10.7. The highest BCUT2D eigenvalue weighted by atomic mass is 15.0. The summed E-state index contributed by atoms with van der Waals surface area (Å²) < 4.78 is 9.84. The van der Waals surface area contributed by atoms with Gasteiger partial charge in [0.1, 0.15) is 0 Å². The molecular formula is C110H84N4. The quantitative estimate of drug-likeness (QED) is 0.0961. The maximum atomic E-state index is 2.48. The molecule has 16 aromatic carbocycles. The molecule has 4 heterocycles. The number of para-hydroxylation sites is 8. The molecule has 22 rings (SSSR count). The molecule has 0 fully saturated rings. The van der Waals surface area contributed by atoms with Gasteiger partial charge in [-0.05, 0) is 234 Å². The fourth-order valence-electron chi connectivity index (χ4n) is 19.7. The molecule has 4 aromatic heterocycles. The van der Waals surface area contributed by atoms with Crippen LogP contribution >= 0.6 is 0 Å². The van der Waals surface area contributed by atoms with Gasteiger partial charge in [0, 0.05) is 71.3 Å². The number of hydrogen-bond acceptors (Lipinski definition) is 0. The number of benzene rings is 16. The van der Waals surface area contributed by atoms with Crippen molar-refractivity contribution in [3.63, 3.8) is 0 Å². The molecule has 0 aliphatic heterocycles. The molecule has 1 unspecified atom stereocenters. The highest BCUT2D eigenvalue weighted by Gasteiger charge is 2.33. The minimum Gasteiger partial charge on any atom is -0.309 e.